The molecule has 6 rings (SSSR count). The number of amides is 2. The van der Waals surface area contributed by atoms with Gasteiger partial charge in [0.25, 0.3) is 11.8 Å². The maximum absolute atomic E-state index is 13.7. The number of amidine groups is 2. The van der Waals surface area contributed by atoms with Crippen molar-refractivity contribution in [3.8, 4) is 0 Å². The first-order valence-corrected chi connectivity index (χ1v) is 14.9. The molecule has 2 aliphatic rings. The van der Waals surface area contributed by atoms with E-state index in [1.165, 1.54) is 0 Å². The highest BCUT2D eigenvalue weighted by Crippen LogP contribution is 2.26. The molecule has 2 heterocycles. The minimum absolute atomic E-state index is 0.217. The molecule has 0 unspecified atom stereocenters. The average molecular weight is 680 g/mol. The number of carbonyl (C=O) groups is 2. The van der Waals surface area contributed by atoms with Crippen molar-refractivity contribution in [1.29, 1.82) is 0 Å². The van der Waals surface area contributed by atoms with Crippen molar-refractivity contribution in [1.82, 2.24) is 9.80 Å². The Morgan fingerprint density at radius 3 is 1.24 bits per heavy atom. The molecule has 4 aromatic carbocycles. The molecule has 2 aliphatic heterocycles. The molecule has 0 radical (unpaired) electrons. The first-order valence-electron chi connectivity index (χ1n) is 13.3. The van der Waals surface area contributed by atoms with Crippen molar-refractivity contribution in [3.05, 3.63) is 152 Å². The number of carbonyl (C=O) groups excluding carboxylic acids is 2. The highest BCUT2D eigenvalue weighted by atomic mass is 79.9. The summed E-state index contributed by atoms with van der Waals surface area (Å²) in [5, 5.41) is 0. The number of hydrogen-bond acceptors (Lipinski definition) is 4. The Hall–Kier alpha value is -4.40. The van der Waals surface area contributed by atoms with E-state index in [9.17, 15) is 9.59 Å². The number of hydrogen-bond donors (Lipinski definition) is 0. The summed E-state index contributed by atoms with van der Waals surface area (Å²) in [4.78, 5) is 40.2. The van der Waals surface area contributed by atoms with Crippen LogP contribution in [0.5, 0.6) is 0 Å². The summed E-state index contributed by atoms with van der Waals surface area (Å²) in [5.41, 5.74) is 4.08. The fraction of sp³-hybridized carbons (Fsp3) is 0.0588. The van der Waals surface area contributed by atoms with Crippen LogP contribution in [0.15, 0.2) is 140 Å². The lowest BCUT2D eigenvalue weighted by atomic mass is 10.1. The largest absolute Gasteiger partial charge is 0.289 e. The third-order valence-corrected chi connectivity index (χ3v) is 7.91. The summed E-state index contributed by atoms with van der Waals surface area (Å²) in [6, 6.07) is 34.6. The second kappa shape index (κ2) is 12.2. The molecule has 0 saturated carbocycles. The fourth-order valence-electron chi connectivity index (χ4n) is 4.77. The van der Waals surface area contributed by atoms with Crippen molar-refractivity contribution in [2.45, 2.75) is 0 Å². The summed E-state index contributed by atoms with van der Waals surface area (Å²) >= 11 is 6.97. The predicted molar refractivity (Wildman–Crippen MR) is 174 cm³/mol. The smallest absolute Gasteiger partial charge is 0.278 e. The molecule has 8 heteroatoms. The molecular weight excluding hydrogens is 656 g/mol. The second-order valence-corrected chi connectivity index (χ2v) is 11.5. The van der Waals surface area contributed by atoms with Gasteiger partial charge in [0.15, 0.2) is 0 Å². The van der Waals surface area contributed by atoms with Crippen LogP contribution in [-0.2, 0) is 9.59 Å². The van der Waals surface area contributed by atoms with Crippen molar-refractivity contribution in [2.24, 2.45) is 9.98 Å². The van der Waals surface area contributed by atoms with E-state index in [1.54, 1.807) is 22.0 Å². The molecule has 206 valence electrons. The molecule has 42 heavy (non-hydrogen) atoms. The van der Waals surface area contributed by atoms with Gasteiger partial charge in [0, 0.05) is 33.2 Å². The van der Waals surface area contributed by atoms with E-state index in [0.717, 1.165) is 31.2 Å². The highest BCUT2D eigenvalue weighted by Gasteiger charge is 2.35. The van der Waals surface area contributed by atoms with Crippen LogP contribution in [0.2, 0.25) is 0 Å². The summed E-state index contributed by atoms with van der Waals surface area (Å²) in [6.07, 6.45) is 3.58. The standard InChI is InChI=1S/C34H24Br2N4O2/c35-27-15-11-25(12-16-27)31-37-29(21-23-7-3-1-4-8-23)33(41)39(31)19-20-40-32(26-13-17-28(36)18-14-26)38-30(34(40)42)22-24-9-5-2-6-10-24/h1-18,21-22H,19-20H2/b29-21-,30-22+. The van der Waals surface area contributed by atoms with Crippen molar-refractivity contribution < 1.29 is 9.59 Å². The van der Waals surface area contributed by atoms with Crippen molar-refractivity contribution >= 4 is 67.5 Å². The van der Waals surface area contributed by atoms with E-state index in [0.29, 0.717) is 23.1 Å². The van der Waals surface area contributed by atoms with Gasteiger partial charge in [0.1, 0.15) is 23.1 Å². The van der Waals surface area contributed by atoms with Crippen LogP contribution in [0.4, 0.5) is 0 Å². The number of halogens is 2. The van der Waals surface area contributed by atoms with E-state index >= 15 is 0 Å². The second-order valence-electron chi connectivity index (χ2n) is 9.68. The molecule has 0 N–H and O–H groups in total. The maximum atomic E-state index is 13.7. The topological polar surface area (TPSA) is 65.3 Å². The van der Waals surface area contributed by atoms with Gasteiger partial charge in [0.05, 0.1) is 0 Å². The molecule has 0 bridgehead atoms. The summed E-state index contributed by atoms with van der Waals surface area (Å²) in [6.45, 7) is 0.472. The van der Waals surface area contributed by atoms with Crippen molar-refractivity contribution in [2.75, 3.05) is 13.1 Å². The number of benzene rings is 4. The first-order chi connectivity index (χ1) is 20.5. The van der Waals surface area contributed by atoms with Crippen LogP contribution in [0, 0.1) is 0 Å². The zero-order chi connectivity index (χ0) is 29.1. The molecule has 0 saturated heterocycles. The van der Waals surface area contributed by atoms with Gasteiger partial charge < -0.3 is 0 Å². The Morgan fingerprint density at radius 2 is 0.881 bits per heavy atom. The summed E-state index contributed by atoms with van der Waals surface area (Å²) < 4.78 is 1.86. The van der Waals surface area contributed by atoms with Gasteiger partial charge in [-0.25, -0.2) is 9.98 Å². The molecule has 4 aromatic rings. The lowest BCUT2D eigenvalue weighted by Gasteiger charge is -2.24. The SMILES string of the molecule is O=C1/C(=C/c2ccccc2)N=C(c2ccc(Br)cc2)N1CCN1C(=O)/C(=C\c2ccccc2)N=C1c1ccc(Br)cc1. The van der Waals surface area contributed by atoms with E-state index in [-0.39, 0.29) is 24.9 Å². The van der Waals surface area contributed by atoms with E-state index < -0.39 is 0 Å². The average Bonchev–Trinajstić information content (AvgIpc) is 3.48. The van der Waals surface area contributed by atoms with Crippen molar-refractivity contribution in [3.63, 3.8) is 0 Å². The van der Waals surface area contributed by atoms with Crippen LogP contribution in [0.25, 0.3) is 12.2 Å². The molecule has 6 nitrogen and oxygen atoms in total. The van der Waals surface area contributed by atoms with Gasteiger partial charge in [-0.1, -0.05) is 117 Å². The third-order valence-electron chi connectivity index (χ3n) is 6.85. The van der Waals surface area contributed by atoms with E-state index in [1.807, 2.05) is 109 Å². The van der Waals surface area contributed by atoms with Crippen LogP contribution < -0.4 is 0 Å². The fourth-order valence-corrected chi connectivity index (χ4v) is 5.30. The van der Waals surface area contributed by atoms with Gasteiger partial charge in [-0.3, -0.25) is 19.4 Å². The summed E-state index contributed by atoms with van der Waals surface area (Å²) in [5.74, 6) is 0.656. The van der Waals surface area contributed by atoms with Crippen LogP contribution in [0.3, 0.4) is 0 Å². The molecular formula is C34H24Br2N4O2. The highest BCUT2D eigenvalue weighted by molar-refractivity contribution is 9.10. The molecule has 2 amide bonds. The third kappa shape index (κ3) is 5.95. The normalized spacial score (nSPS) is 16.9. The Kier molecular flexibility index (Phi) is 8.08. The zero-order valence-corrected chi connectivity index (χ0v) is 25.5. The lowest BCUT2D eigenvalue weighted by Crippen LogP contribution is -2.42. The minimum atomic E-state index is -0.217. The van der Waals surface area contributed by atoms with Gasteiger partial charge in [-0.15, -0.1) is 0 Å². The number of aliphatic imine (C=N–C) groups is 2. The van der Waals surface area contributed by atoms with Gasteiger partial charge in [-0.2, -0.15) is 0 Å². The summed E-state index contributed by atoms with van der Waals surface area (Å²) in [7, 11) is 0. The Morgan fingerprint density at radius 1 is 0.524 bits per heavy atom. The molecule has 0 spiro atoms. The zero-order valence-electron chi connectivity index (χ0n) is 22.3. The van der Waals surface area contributed by atoms with Crippen LogP contribution >= 0.6 is 31.9 Å². The monoisotopic (exact) mass is 678 g/mol. The Labute approximate surface area is 260 Å². The van der Waals surface area contributed by atoms with Crippen LogP contribution in [-0.4, -0.2) is 46.4 Å². The van der Waals surface area contributed by atoms with E-state index in [2.05, 4.69) is 31.9 Å². The predicted octanol–water partition coefficient (Wildman–Crippen LogP) is 7.17. The number of rotatable bonds is 7. The molecule has 0 aromatic heterocycles. The lowest BCUT2D eigenvalue weighted by molar-refractivity contribution is -0.125. The molecule has 0 fully saturated rings. The van der Waals surface area contributed by atoms with Gasteiger partial charge in [-0.05, 0) is 47.5 Å². The Balaban J connectivity index is 1.33. The number of nitrogens with zero attached hydrogens (tertiary/aromatic N) is 4. The van der Waals surface area contributed by atoms with Crippen LogP contribution in [0.1, 0.15) is 22.3 Å². The first kappa shape index (κ1) is 27.8. The van der Waals surface area contributed by atoms with Gasteiger partial charge in [0.2, 0.25) is 0 Å². The minimum Gasteiger partial charge on any atom is -0.289 e. The maximum Gasteiger partial charge on any atom is 0.278 e. The molecule has 0 atom stereocenters. The molecule has 0 aliphatic carbocycles. The van der Waals surface area contributed by atoms with Gasteiger partial charge >= 0.3 is 0 Å². The van der Waals surface area contributed by atoms with E-state index in [4.69, 9.17) is 9.98 Å². The Bertz CT molecular complexity index is 1630. The quantitative estimate of drug-likeness (QED) is 0.195.